The Labute approximate surface area is 292 Å². The van der Waals surface area contributed by atoms with Gasteiger partial charge in [0.2, 0.25) is 24.1 Å². The summed E-state index contributed by atoms with van der Waals surface area (Å²) in [7, 11) is 2.52. The van der Waals surface area contributed by atoms with Crippen LogP contribution in [0.4, 0.5) is 0 Å². The SMILES string of the molecule is COc1cc(-c2[o+]c3cc(O)cc(OC4OC(CO)C(O)C(O)C4O)c3cc2OC2OC(COC(=O)CC(=O)O)C(O)C(O)C2O)cc(OC)c1O. The Morgan fingerprint density at radius 3 is 1.85 bits per heavy atom. The number of carboxylic acid groups (broad SMARTS) is 1. The molecule has 2 fully saturated rings. The van der Waals surface area contributed by atoms with E-state index in [1.165, 1.54) is 32.4 Å². The van der Waals surface area contributed by atoms with Crippen molar-refractivity contribution in [2.24, 2.45) is 0 Å². The maximum absolute atomic E-state index is 11.8. The molecule has 5 rings (SSSR count). The lowest BCUT2D eigenvalue weighted by atomic mass is 9.99. The lowest BCUT2D eigenvalue weighted by molar-refractivity contribution is -0.278. The monoisotopic (exact) mass is 741 g/mol. The first kappa shape index (κ1) is 38.5. The van der Waals surface area contributed by atoms with E-state index in [2.05, 4.69) is 0 Å². The fourth-order valence-electron chi connectivity index (χ4n) is 5.50. The normalized spacial score (nSPS) is 28.9. The van der Waals surface area contributed by atoms with E-state index in [0.717, 1.165) is 12.1 Å². The van der Waals surface area contributed by atoms with Gasteiger partial charge in [-0.15, -0.1) is 0 Å². The minimum absolute atomic E-state index is 0.0174. The maximum Gasteiger partial charge on any atom is 0.402 e. The van der Waals surface area contributed by atoms with Gasteiger partial charge < -0.3 is 84.2 Å². The highest BCUT2D eigenvalue weighted by atomic mass is 16.7. The number of carbonyl (C=O) groups excluding carboxylic acids is 1. The predicted molar refractivity (Wildman–Crippen MR) is 167 cm³/mol. The highest BCUT2D eigenvalue weighted by Gasteiger charge is 2.47. The molecule has 10 unspecified atom stereocenters. The molecular weight excluding hydrogens is 704 g/mol. The van der Waals surface area contributed by atoms with Gasteiger partial charge in [-0.25, -0.2) is 4.42 Å². The molecule has 0 radical (unpaired) electrons. The van der Waals surface area contributed by atoms with E-state index >= 15 is 0 Å². The van der Waals surface area contributed by atoms with Crippen LogP contribution < -0.4 is 18.9 Å². The van der Waals surface area contributed by atoms with Crippen molar-refractivity contribution < 1.29 is 98.2 Å². The lowest BCUT2D eigenvalue weighted by Gasteiger charge is -2.39. The number of aliphatic carboxylic acids is 1. The number of carbonyl (C=O) groups is 2. The smallest absolute Gasteiger partial charge is 0.402 e. The molecule has 10 atom stereocenters. The summed E-state index contributed by atoms with van der Waals surface area (Å²) in [4.78, 5) is 22.7. The molecule has 0 amide bonds. The van der Waals surface area contributed by atoms with Gasteiger partial charge in [-0.3, -0.25) is 9.59 Å². The van der Waals surface area contributed by atoms with E-state index in [1.54, 1.807) is 0 Å². The molecule has 3 heterocycles. The number of esters is 1. The molecular formula is C32H37O20+. The molecule has 0 saturated carbocycles. The van der Waals surface area contributed by atoms with E-state index in [1.807, 2.05) is 0 Å². The number of aliphatic hydroxyl groups is 7. The molecule has 2 aliphatic heterocycles. The van der Waals surface area contributed by atoms with Gasteiger partial charge in [0.05, 0.1) is 32.5 Å². The Kier molecular flexibility index (Phi) is 11.7. The van der Waals surface area contributed by atoms with Crippen LogP contribution in [0, 0.1) is 0 Å². The standard InChI is InChI=1S/C32H36O20/c1-45-16-3-11(4-17(46-2)23(16)38)30-18(50-32-29(44)27(42)25(40)20(52-32)10-47-22(37)8-21(35)36)7-13-14(48-30)5-12(34)6-15(13)49-31-28(43)26(41)24(39)19(9-33)51-31/h3-7,19-20,24-29,31-33,39-44H,8-10H2,1-2H3,(H2-,34,35,36,38)/p+1. The second-order valence-corrected chi connectivity index (χ2v) is 11.7. The van der Waals surface area contributed by atoms with Crippen LogP contribution in [-0.2, 0) is 23.8 Å². The summed E-state index contributed by atoms with van der Waals surface area (Å²) < 4.78 is 44.4. The molecule has 0 spiro atoms. The Balaban J connectivity index is 1.60. The molecule has 2 aromatic carbocycles. The zero-order valence-electron chi connectivity index (χ0n) is 27.3. The largest absolute Gasteiger partial charge is 0.507 e. The molecule has 2 saturated heterocycles. The average molecular weight is 742 g/mol. The van der Waals surface area contributed by atoms with Gasteiger partial charge >= 0.3 is 23.3 Å². The van der Waals surface area contributed by atoms with Crippen molar-refractivity contribution in [1.82, 2.24) is 0 Å². The number of methoxy groups -OCH3 is 2. The summed E-state index contributed by atoms with van der Waals surface area (Å²) in [6, 6.07) is 6.10. The number of hydrogen-bond donors (Lipinski definition) is 10. The van der Waals surface area contributed by atoms with E-state index in [0.29, 0.717) is 0 Å². The average Bonchev–Trinajstić information content (AvgIpc) is 3.11. The minimum atomic E-state index is -1.96. The minimum Gasteiger partial charge on any atom is -0.507 e. The van der Waals surface area contributed by atoms with Gasteiger partial charge in [0.1, 0.15) is 78.7 Å². The summed E-state index contributed by atoms with van der Waals surface area (Å²) in [5, 5.41) is 103. The van der Waals surface area contributed by atoms with Crippen LogP contribution in [0.25, 0.3) is 22.3 Å². The number of phenols is 2. The zero-order valence-corrected chi connectivity index (χ0v) is 27.3. The molecule has 20 heteroatoms. The van der Waals surface area contributed by atoms with Crippen LogP contribution in [0.2, 0.25) is 0 Å². The van der Waals surface area contributed by atoms with Crippen LogP contribution in [-0.4, -0.2) is 152 Å². The summed E-state index contributed by atoms with van der Waals surface area (Å²) in [6.45, 7) is -1.51. The van der Waals surface area contributed by atoms with E-state index < -0.39 is 98.7 Å². The molecule has 0 aliphatic carbocycles. The zero-order chi connectivity index (χ0) is 38.0. The first-order valence-electron chi connectivity index (χ1n) is 15.5. The van der Waals surface area contributed by atoms with Gasteiger partial charge in [0.25, 0.3) is 0 Å². The van der Waals surface area contributed by atoms with Crippen molar-refractivity contribution in [3.63, 3.8) is 0 Å². The molecule has 1 aromatic heterocycles. The van der Waals surface area contributed by atoms with Crippen molar-refractivity contribution in [2.45, 2.75) is 67.8 Å². The third-order valence-electron chi connectivity index (χ3n) is 8.25. The number of fused-ring (bicyclic) bond motifs is 1. The van der Waals surface area contributed by atoms with Crippen LogP contribution >= 0.6 is 0 Å². The van der Waals surface area contributed by atoms with E-state index in [9.17, 15) is 55.5 Å². The highest BCUT2D eigenvalue weighted by Crippen LogP contribution is 2.46. The number of ether oxygens (including phenoxy) is 7. The van der Waals surface area contributed by atoms with Gasteiger partial charge in [0, 0.05) is 24.3 Å². The number of carboxylic acids is 1. The van der Waals surface area contributed by atoms with Crippen LogP contribution in [0.1, 0.15) is 6.42 Å². The molecule has 284 valence electrons. The van der Waals surface area contributed by atoms with Crippen molar-refractivity contribution in [1.29, 1.82) is 0 Å². The van der Waals surface area contributed by atoms with Crippen molar-refractivity contribution in [3.05, 3.63) is 30.3 Å². The van der Waals surface area contributed by atoms with Gasteiger partial charge in [-0.1, -0.05) is 0 Å². The second kappa shape index (κ2) is 15.9. The molecule has 52 heavy (non-hydrogen) atoms. The van der Waals surface area contributed by atoms with Crippen molar-refractivity contribution in [3.8, 4) is 45.8 Å². The quantitative estimate of drug-likeness (QED) is 0.0556. The van der Waals surface area contributed by atoms with Crippen molar-refractivity contribution >= 4 is 22.9 Å². The maximum atomic E-state index is 11.8. The third kappa shape index (κ3) is 7.84. The van der Waals surface area contributed by atoms with Crippen LogP contribution in [0.3, 0.4) is 0 Å². The first-order valence-corrected chi connectivity index (χ1v) is 15.5. The van der Waals surface area contributed by atoms with Gasteiger partial charge in [-0.05, 0) is 0 Å². The van der Waals surface area contributed by atoms with Gasteiger partial charge in [-0.2, -0.15) is 0 Å². The van der Waals surface area contributed by atoms with E-state index in [4.69, 9.17) is 42.7 Å². The molecule has 10 N–H and O–H groups in total. The number of benzene rings is 2. The Morgan fingerprint density at radius 1 is 0.731 bits per heavy atom. The first-order chi connectivity index (χ1) is 24.7. The van der Waals surface area contributed by atoms with Crippen LogP contribution in [0.15, 0.2) is 34.7 Å². The topological polar surface area (TPSA) is 312 Å². The van der Waals surface area contributed by atoms with E-state index in [-0.39, 0.29) is 51.0 Å². The predicted octanol–water partition coefficient (Wildman–Crippen LogP) is -1.81. The number of rotatable bonds is 12. The highest BCUT2D eigenvalue weighted by molar-refractivity contribution is 5.90. The molecule has 0 bridgehead atoms. The summed E-state index contributed by atoms with van der Waals surface area (Å²) >= 11 is 0. The lowest BCUT2D eigenvalue weighted by Crippen LogP contribution is -2.60. The van der Waals surface area contributed by atoms with Gasteiger partial charge in [0.15, 0.2) is 11.5 Å². The summed E-state index contributed by atoms with van der Waals surface area (Å²) in [6.07, 6.45) is -18.5. The molecule has 20 nitrogen and oxygen atoms in total. The van der Waals surface area contributed by atoms with Crippen molar-refractivity contribution in [2.75, 3.05) is 27.4 Å². The van der Waals surface area contributed by atoms with Crippen LogP contribution in [0.5, 0.6) is 34.5 Å². The molecule has 3 aromatic rings. The number of aromatic hydroxyl groups is 2. The Morgan fingerprint density at radius 2 is 1.29 bits per heavy atom. The number of hydrogen-bond acceptors (Lipinski definition) is 18. The third-order valence-corrected chi connectivity index (χ3v) is 8.25. The number of phenolic OH excluding ortho intramolecular Hbond substituents is 2. The fraction of sp³-hybridized carbons (Fsp3) is 0.469. The Bertz CT molecular complexity index is 1740. The fourth-order valence-corrected chi connectivity index (χ4v) is 5.50. The Hall–Kier alpha value is -4.77. The summed E-state index contributed by atoms with van der Waals surface area (Å²) in [5.74, 6) is -4.41. The summed E-state index contributed by atoms with van der Waals surface area (Å²) in [5.41, 5.74) is -0.00934. The second-order valence-electron chi connectivity index (χ2n) is 11.7. The molecule has 2 aliphatic rings. The number of aliphatic hydroxyl groups excluding tert-OH is 7.